The van der Waals surface area contributed by atoms with Crippen LogP contribution in [-0.2, 0) is 0 Å². The first kappa shape index (κ1) is 23.1. The van der Waals surface area contributed by atoms with Crippen molar-refractivity contribution < 1.29 is 27.8 Å². The number of aromatic amines is 1. The van der Waals surface area contributed by atoms with Crippen LogP contribution in [0.3, 0.4) is 0 Å². The Morgan fingerprint density at radius 3 is 2.55 bits per heavy atom. The summed E-state index contributed by atoms with van der Waals surface area (Å²) >= 11 is 0. The van der Waals surface area contributed by atoms with E-state index < -0.39 is 41.5 Å². The van der Waals surface area contributed by atoms with Gasteiger partial charge in [0.05, 0.1) is 11.6 Å². The molecular formula is C24H24F4N2O3. The molecule has 1 aliphatic carbocycles. The van der Waals surface area contributed by atoms with E-state index in [1.165, 1.54) is 12.1 Å². The Kier molecular flexibility index (Phi) is 5.43. The Hall–Kier alpha value is -3.07. The summed E-state index contributed by atoms with van der Waals surface area (Å²) < 4.78 is 57.3. The highest BCUT2D eigenvalue weighted by molar-refractivity contribution is 5.91. The minimum absolute atomic E-state index is 0.0823. The van der Waals surface area contributed by atoms with E-state index in [1.54, 1.807) is 26.8 Å². The number of aromatic hydroxyl groups is 1. The van der Waals surface area contributed by atoms with E-state index in [2.05, 4.69) is 10.3 Å². The molecule has 33 heavy (non-hydrogen) atoms. The molecule has 1 aliphatic rings. The first-order valence-electron chi connectivity index (χ1n) is 10.6. The minimum atomic E-state index is -4.99. The van der Waals surface area contributed by atoms with E-state index in [0.29, 0.717) is 16.7 Å². The first-order chi connectivity index (χ1) is 15.4. The number of phenols is 1. The van der Waals surface area contributed by atoms with Crippen molar-refractivity contribution in [2.75, 3.05) is 5.32 Å². The van der Waals surface area contributed by atoms with Crippen LogP contribution in [0, 0.1) is 19.7 Å². The number of benzene rings is 2. The number of aryl methyl sites for hydroxylation is 1. The Morgan fingerprint density at radius 1 is 1.21 bits per heavy atom. The second kappa shape index (κ2) is 7.76. The number of pyridine rings is 1. The molecule has 0 aliphatic heterocycles. The summed E-state index contributed by atoms with van der Waals surface area (Å²) in [5.41, 5.74) is -2.13. The molecular weight excluding hydrogens is 440 g/mol. The maximum atomic E-state index is 14.3. The number of aliphatic hydroxyl groups is 1. The number of aromatic nitrogens is 1. The van der Waals surface area contributed by atoms with Crippen molar-refractivity contribution in [2.24, 2.45) is 0 Å². The summed E-state index contributed by atoms with van der Waals surface area (Å²) in [5, 5.41) is 24.9. The lowest BCUT2D eigenvalue weighted by molar-refractivity contribution is -0.272. The van der Waals surface area contributed by atoms with Gasteiger partial charge in [-0.3, -0.25) is 4.79 Å². The van der Waals surface area contributed by atoms with Crippen molar-refractivity contribution in [3.63, 3.8) is 0 Å². The highest BCUT2D eigenvalue weighted by Gasteiger charge is 2.62. The molecule has 9 heteroatoms. The van der Waals surface area contributed by atoms with Gasteiger partial charge in [-0.05, 0) is 67.5 Å². The summed E-state index contributed by atoms with van der Waals surface area (Å²) in [5.74, 6) is -1.54. The molecule has 0 bridgehead atoms. The summed E-state index contributed by atoms with van der Waals surface area (Å²) in [6.45, 7) is 5.07. The summed E-state index contributed by atoms with van der Waals surface area (Å²) in [7, 11) is 0. The lowest BCUT2D eigenvalue weighted by Gasteiger charge is -2.46. The fourth-order valence-corrected chi connectivity index (χ4v) is 4.79. The van der Waals surface area contributed by atoms with Crippen LogP contribution >= 0.6 is 0 Å². The molecule has 1 aromatic heterocycles. The second-order valence-electron chi connectivity index (χ2n) is 8.68. The zero-order valence-electron chi connectivity index (χ0n) is 18.3. The normalized spacial score (nSPS) is 22.9. The average Bonchev–Trinajstić information content (AvgIpc) is 2.74. The van der Waals surface area contributed by atoms with Gasteiger partial charge in [0.15, 0.2) is 5.60 Å². The highest BCUT2D eigenvalue weighted by atomic mass is 19.4. The molecule has 0 radical (unpaired) electrons. The van der Waals surface area contributed by atoms with Crippen molar-refractivity contribution >= 4 is 16.6 Å². The zero-order valence-corrected chi connectivity index (χ0v) is 18.3. The third-order valence-corrected chi connectivity index (χ3v) is 6.77. The number of hydrogen-bond acceptors (Lipinski definition) is 4. The van der Waals surface area contributed by atoms with E-state index in [-0.39, 0.29) is 34.3 Å². The van der Waals surface area contributed by atoms with Crippen LogP contribution in [0.2, 0.25) is 0 Å². The summed E-state index contributed by atoms with van der Waals surface area (Å²) in [4.78, 5) is 14.0. The number of hydrogen-bond donors (Lipinski definition) is 4. The van der Waals surface area contributed by atoms with Gasteiger partial charge in [0.2, 0.25) is 5.56 Å². The van der Waals surface area contributed by atoms with Crippen molar-refractivity contribution in [2.45, 2.75) is 57.3 Å². The van der Waals surface area contributed by atoms with Gasteiger partial charge in [-0.25, -0.2) is 4.39 Å². The van der Waals surface area contributed by atoms with Crippen LogP contribution in [-0.4, -0.2) is 27.0 Å². The predicted octanol–water partition coefficient (Wildman–Crippen LogP) is 5.33. The summed E-state index contributed by atoms with van der Waals surface area (Å²) in [6.07, 6.45) is -5.35. The van der Waals surface area contributed by atoms with Crippen LogP contribution < -0.4 is 10.9 Å². The van der Waals surface area contributed by atoms with Gasteiger partial charge in [0.25, 0.3) is 0 Å². The fraction of sp³-hybridized carbons (Fsp3) is 0.375. The Labute approximate surface area is 187 Å². The van der Waals surface area contributed by atoms with E-state index in [4.69, 9.17) is 0 Å². The monoisotopic (exact) mass is 464 g/mol. The molecule has 0 spiro atoms. The molecule has 3 aromatic rings. The largest absolute Gasteiger partial charge is 0.507 e. The van der Waals surface area contributed by atoms with Crippen molar-refractivity contribution in [1.29, 1.82) is 0 Å². The van der Waals surface area contributed by atoms with E-state index in [9.17, 15) is 32.6 Å². The lowest BCUT2D eigenvalue weighted by Crippen LogP contribution is -2.55. The average molecular weight is 464 g/mol. The van der Waals surface area contributed by atoms with Gasteiger partial charge >= 0.3 is 6.18 Å². The Balaban J connectivity index is 1.98. The molecule has 0 saturated heterocycles. The molecule has 0 amide bonds. The Morgan fingerprint density at radius 2 is 1.91 bits per heavy atom. The van der Waals surface area contributed by atoms with Gasteiger partial charge in [0.1, 0.15) is 11.6 Å². The van der Waals surface area contributed by atoms with Crippen molar-refractivity contribution in [3.05, 3.63) is 68.8 Å². The maximum Gasteiger partial charge on any atom is 0.419 e. The van der Waals surface area contributed by atoms with Gasteiger partial charge in [-0.2, -0.15) is 13.2 Å². The van der Waals surface area contributed by atoms with Crippen LogP contribution in [0.5, 0.6) is 5.75 Å². The standard InChI is InChI=1S/C24H24F4N2O3/c1-4-13-10-23(33,24(26,27)28)22(15-9-11(2)12(3)21(32)19(13)15)29-17-7-6-16(25)20-14(17)5-8-18(31)30-20/h5-9,13,22,29,32-33H,4,10H2,1-3H3,(H,30,31)/t13-,22-,23-/m0/s1. The number of H-pyrrole nitrogens is 1. The molecule has 4 N–H and O–H groups in total. The third-order valence-electron chi connectivity index (χ3n) is 6.77. The molecule has 1 heterocycles. The third kappa shape index (κ3) is 3.55. The predicted molar refractivity (Wildman–Crippen MR) is 117 cm³/mol. The van der Waals surface area contributed by atoms with Crippen molar-refractivity contribution in [3.8, 4) is 5.75 Å². The molecule has 2 aromatic carbocycles. The molecule has 5 nitrogen and oxygen atoms in total. The minimum Gasteiger partial charge on any atom is -0.507 e. The van der Waals surface area contributed by atoms with Crippen molar-refractivity contribution in [1.82, 2.24) is 4.98 Å². The summed E-state index contributed by atoms with van der Waals surface area (Å²) in [6, 6.07) is 4.62. The number of halogens is 4. The lowest BCUT2D eigenvalue weighted by atomic mass is 9.68. The number of anilines is 1. The van der Waals surface area contributed by atoms with Gasteiger partial charge in [-0.15, -0.1) is 0 Å². The van der Waals surface area contributed by atoms with E-state index >= 15 is 0 Å². The molecule has 0 unspecified atom stereocenters. The smallest absolute Gasteiger partial charge is 0.419 e. The SMILES string of the molecule is CC[C@H]1C[C@@](O)(C(F)(F)F)[C@@H](Nc2ccc(F)c3[nH]c(=O)ccc23)c2cc(C)c(C)c(O)c21. The van der Waals surface area contributed by atoms with Gasteiger partial charge < -0.3 is 20.5 Å². The Bertz CT molecular complexity index is 1300. The van der Waals surface area contributed by atoms with Gasteiger partial charge in [0, 0.05) is 22.7 Å². The van der Waals surface area contributed by atoms with Crippen LogP contribution in [0.1, 0.15) is 54.0 Å². The molecule has 176 valence electrons. The van der Waals surface area contributed by atoms with E-state index in [1.807, 2.05) is 0 Å². The molecule has 3 atom stereocenters. The number of nitrogens with one attached hydrogen (secondary N) is 2. The first-order valence-corrected chi connectivity index (χ1v) is 10.6. The quantitative estimate of drug-likeness (QED) is 0.395. The van der Waals surface area contributed by atoms with Crippen LogP contribution in [0.25, 0.3) is 10.9 Å². The van der Waals surface area contributed by atoms with E-state index in [0.717, 1.165) is 12.1 Å². The van der Waals surface area contributed by atoms with Crippen LogP contribution in [0.15, 0.2) is 35.1 Å². The topological polar surface area (TPSA) is 85.4 Å². The number of phenolic OH excluding ortho intramolecular Hbond substituents is 1. The number of rotatable bonds is 3. The second-order valence-corrected chi connectivity index (χ2v) is 8.68. The highest BCUT2D eigenvalue weighted by Crippen LogP contribution is 2.56. The fourth-order valence-electron chi connectivity index (χ4n) is 4.79. The zero-order chi connectivity index (χ0) is 24.3. The number of alkyl halides is 3. The number of fused-ring (bicyclic) bond motifs is 2. The van der Waals surface area contributed by atoms with Gasteiger partial charge in [-0.1, -0.05) is 13.0 Å². The van der Waals surface area contributed by atoms with Crippen LogP contribution in [0.4, 0.5) is 23.2 Å². The molecule has 0 saturated carbocycles. The molecule has 0 fully saturated rings. The maximum absolute atomic E-state index is 14.3. The molecule has 4 rings (SSSR count).